The number of aromatic nitrogens is 4. The lowest BCUT2D eigenvalue weighted by Gasteiger charge is -1.97. The number of imidazole rings is 2. The van der Waals surface area contributed by atoms with E-state index < -0.39 is 0 Å². The third kappa shape index (κ3) is 4.70. The Bertz CT molecular complexity index is 851. The van der Waals surface area contributed by atoms with Crippen molar-refractivity contribution in [1.82, 2.24) is 9.13 Å². The second-order valence-corrected chi connectivity index (χ2v) is 6.31. The van der Waals surface area contributed by atoms with E-state index in [0.29, 0.717) is 0 Å². The second kappa shape index (κ2) is 8.63. The quantitative estimate of drug-likeness (QED) is 0.381. The van der Waals surface area contributed by atoms with Crippen LogP contribution in [0.2, 0.25) is 0 Å². The van der Waals surface area contributed by atoms with Gasteiger partial charge in [-0.3, -0.25) is 0 Å². The molecule has 0 aliphatic rings. The smallest absolute Gasteiger partial charge is 0.247 e. The fourth-order valence-electron chi connectivity index (χ4n) is 3.01. The van der Waals surface area contributed by atoms with Gasteiger partial charge in [0, 0.05) is 0 Å². The molecule has 5 heteroatoms. The Morgan fingerprint density at radius 2 is 1.04 bits per heavy atom. The molecular weight excluding hydrogens is 388 g/mol. The van der Waals surface area contributed by atoms with E-state index in [2.05, 4.69) is 116 Å². The van der Waals surface area contributed by atoms with Crippen LogP contribution in [-0.2, 0) is 19.8 Å². The van der Waals surface area contributed by atoms with Crippen molar-refractivity contribution in [2.24, 2.45) is 0 Å². The maximum atomic E-state index is 2.21. The maximum absolute atomic E-state index is 2.21. The van der Waals surface area contributed by atoms with Crippen LogP contribution in [0.5, 0.6) is 0 Å². The number of benzene rings is 2. The Hall–Kier alpha value is -2.66. The molecule has 0 amide bonds. The molecule has 0 N–H and O–H groups in total. The van der Waals surface area contributed by atoms with Gasteiger partial charge in [-0.15, -0.1) is 0 Å². The molecule has 0 saturated heterocycles. The molecule has 4 aromatic rings. The largest absolute Gasteiger partial charge is 1.00 e. The highest BCUT2D eigenvalue weighted by atomic mass is 79.9. The minimum Gasteiger partial charge on any atom is -1.00 e. The predicted molar refractivity (Wildman–Crippen MR) is 95.7 cm³/mol. The number of halogens is 1. The van der Waals surface area contributed by atoms with Crippen LogP contribution in [0.25, 0.3) is 0 Å². The van der Waals surface area contributed by atoms with Gasteiger partial charge in [-0.2, -0.15) is 9.13 Å². The molecular formula is C21H22BrN4+. The molecule has 0 saturated carbocycles. The molecule has 0 fully saturated rings. The topological polar surface area (TPSA) is 17.6 Å². The van der Waals surface area contributed by atoms with Crippen LogP contribution in [0.4, 0.5) is 0 Å². The van der Waals surface area contributed by atoms with Crippen molar-refractivity contribution < 1.29 is 26.1 Å². The molecule has 0 unspecified atom stereocenters. The zero-order valence-corrected chi connectivity index (χ0v) is 16.1. The van der Waals surface area contributed by atoms with E-state index in [1.807, 2.05) is 0 Å². The standard InChI is InChI=1S/C21H22N4.BrH/c1-3-7-20(8-4-1)15-22-11-13-24(17-22)19-25-14-12-23(18-25)16-21-9-5-2-6-10-21;/h1-14,17-18H,15-16,19H2;1H/q+2;/p-1. The Labute approximate surface area is 164 Å². The van der Waals surface area contributed by atoms with E-state index in [0.717, 1.165) is 19.8 Å². The highest BCUT2D eigenvalue weighted by molar-refractivity contribution is 5.15. The number of hydrogen-bond acceptors (Lipinski definition) is 0. The summed E-state index contributed by atoms with van der Waals surface area (Å²) < 4.78 is 8.79. The summed E-state index contributed by atoms with van der Waals surface area (Å²) in [5, 5.41) is 0. The third-order valence-corrected chi connectivity index (χ3v) is 4.24. The summed E-state index contributed by atoms with van der Waals surface area (Å²) in [6.07, 6.45) is 12.8. The first-order valence-corrected chi connectivity index (χ1v) is 8.53. The zero-order valence-electron chi connectivity index (χ0n) is 14.5. The van der Waals surface area contributed by atoms with Gasteiger partial charge in [0.25, 0.3) is 0 Å². The summed E-state index contributed by atoms with van der Waals surface area (Å²) in [7, 11) is 0. The molecule has 0 spiro atoms. The predicted octanol–water partition coefficient (Wildman–Crippen LogP) is -0.529. The van der Waals surface area contributed by atoms with Crippen LogP contribution >= 0.6 is 0 Å². The van der Waals surface area contributed by atoms with Crippen LogP contribution in [-0.4, -0.2) is 9.13 Å². The Kier molecular flexibility index (Phi) is 6.02. The number of nitrogens with zero attached hydrogens (tertiary/aromatic N) is 4. The van der Waals surface area contributed by atoms with Gasteiger partial charge < -0.3 is 17.0 Å². The van der Waals surface area contributed by atoms with Crippen LogP contribution < -0.4 is 26.1 Å². The summed E-state index contributed by atoms with van der Waals surface area (Å²) in [6, 6.07) is 21.1. The molecule has 0 aliphatic carbocycles. The molecule has 4 rings (SSSR count). The molecule has 0 bridgehead atoms. The Balaban J connectivity index is 0.00000196. The van der Waals surface area contributed by atoms with Crippen LogP contribution in [0.1, 0.15) is 11.1 Å². The molecule has 2 aromatic heterocycles. The molecule has 26 heavy (non-hydrogen) atoms. The summed E-state index contributed by atoms with van der Waals surface area (Å²) >= 11 is 0. The van der Waals surface area contributed by atoms with Gasteiger partial charge in [0.15, 0.2) is 0 Å². The Morgan fingerprint density at radius 1 is 0.615 bits per heavy atom. The normalized spacial score (nSPS) is 10.5. The highest BCUT2D eigenvalue weighted by Gasteiger charge is 2.09. The van der Waals surface area contributed by atoms with Crippen LogP contribution in [0.3, 0.4) is 0 Å². The van der Waals surface area contributed by atoms with E-state index in [-0.39, 0.29) is 17.0 Å². The van der Waals surface area contributed by atoms with Crippen molar-refractivity contribution in [2.45, 2.75) is 19.8 Å². The van der Waals surface area contributed by atoms with Gasteiger partial charge in [-0.1, -0.05) is 60.7 Å². The minimum absolute atomic E-state index is 0. The van der Waals surface area contributed by atoms with Gasteiger partial charge >= 0.3 is 0 Å². The van der Waals surface area contributed by atoms with E-state index >= 15 is 0 Å². The zero-order chi connectivity index (χ0) is 16.9. The lowest BCUT2D eigenvalue weighted by Crippen LogP contribution is -3.00. The fourth-order valence-corrected chi connectivity index (χ4v) is 3.01. The van der Waals surface area contributed by atoms with Crippen molar-refractivity contribution in [2.75, 3.05) is 0 Å². The van der Waals surface area contributed by atoms with Crippen LogP contribution in [0.15, 0.2) is 98.1 Å². The van der Waals surface area contributed by atoms with E-state index in [9.17, 15) is 0 Å². The molecule has 2 heterocycles. The SMILES string of the molecule is [Br-].c1ccc(Cn2cc[n+](C[n+]3ccn(Cc4ccccc4)c3)c2)cc1. The van der Waals surface area contributed by atoms with Crippen molar-refractivity contribution in [1.29, 1.82) is 0 Å². The first-order chi connectivity index (χ1) is 12.3. The van der Waals surface area contributed by atoms with Gasteiger partial charge in [0.2, 0.25) is 19.3 Å². The minimum atomic E-state index is 0. The third-order valence-electron chi connectivity index (χ3n) is 4.24. The lowest BCUT2D eigenvalue weighted by atomic mass is 10.2. The average Bonchev–Trinajstić information content (AvgIpc) is 3.27. The molecule has 0 atom stereocenters. The lowest BCUT2D eigenvalue weighted by molar-refractivity contribution is -0.912. The molecule has 2 aromatic carbocycles. The monoisotopic (exact) mass is 409 g/mol. The fraction of sp³-hybridized carbons (Fsp3) is 0.143. The molecule has 4 nitrogen and oxygen atoms in total. The summed E-state index contributed by atoms with van der Waals surface area (Å²) in [6.45, 7) is 2.60. The van der Waals surface area contributed by atoms with Gasteiger partial charge in [0.05, 0.1) is 0 Å². The van der Waals surface area contributed by atoms with Crippen molar-refractivity contribution in [3.8, 4) is 0 Å². The summed E-state index contributed by atoms with van der Waals surface area (Å²) in [5.74, 6) is 0. The van der Waals surface area contributed by atoms with E-state index in [1.54, 1.807) is 0 Å². The number of rotatable bonds is 6. The second-order valence-electron chi connectivity index (χ2n) is 6.31. The first kappa shape index (κ1) is 18.1. The van der Waals surface area contributed by atoms with Gasteiger partial charge in [-0.25, -0.2) is 9.13 Å². The van der Waals surface area contributed by atoms with Crippen molar-refractivity contribution >= 4 is 0 Å². The number of hydrogen-bond donors (Lipinski definition) is 0. The average molecular weight is 410 g/mol. The van der Waals surface area contributed by atoms with Gasteiger partial charge in [-0.05, 0) is 11.1 Å². The molecule has 0 radical (unpaired) electrons. The molecule has 132 valence electrons. The molecule has 0 aliphatic heterocycles. The Morgan fingerprint density at radius 3 is 1.46 bits per heavy atom. The van der Waals surface area contributed by atoms with Gasteiger partial charge in [0.1, 0.15) is 37.9 Å². The first-order valence-electron chi connectivity index (χ1n) is 8.53. The van der Waals surface area contributed by atoms with Crippen molar-refractivity contribution in [3.05, 3.63) is 109 Å². The highest BCUT2D eigenvalue weighted by Crippen LogP contribution is 2.02. The van der Waals surface area contributed by atoms with E-state index in [1.165, 1.54) is 11.1 Å². The van der Waals surface area contributed by atoms with Crippen LogP contribution in [0, 0.1) is 0 Å². The van der Waals surface area contributed by atoms with Crippen molar-refractivity contribution in [3.63, 3.8) is 0 Å². The maximum Gasteiger partial charge on any atom is 0.247 e. The summed E-state index contributed by atoms with van der Waals surface area (Å²) in [5.41, 5.74) is 2.62. The van der Waals surface area contributed by atoms with E-state index in [4.69, 9.17) is 0 Å². The summed E-state index contributed by atoms with van der Waals surface area (Å²) in [4.78, 5) is 0.